The normalized spacial score (nSPS) is 17.9. The van der Waals surface area contributed by atoms with E-state index in [2.05, 4.69) is 20.9 Å². The molecule has 1 aliphatic heterocycles. The summed E-state index contributed by atoms with van der Waals surface area (Å²) in [6.07, 6.45) is 0.507. The fraction of sp³-hybridized carbons (Fsp3) is 0.312. The first kappa shape index (κ1) is 15.0. The van der Waals surface area contributed by atoms with Crippen LogP contribution in [0.3, 0.4) is 0 Å². The summed E-state index contributed by atoms with van der Waals surface area (Å²) in [4.78, 5) is 29.9. The van der Waals surface area contributed by atoms with Crippen LogP contribution in [0.5, 0.6) is 0 Å². The van der Waals surface area contributed by atoms with Gasteiger partial charge in [-0.25, -0.2) is 0 Å². The maximum Gasteiger partial charge on any atom is 0.308 e. The lowest BCUT2D eigenvalue weighted by atomic mass is 10.1. The molecule has 1 saturated heterocycles. The molecule has 1 aliphatic rings. The van der Waals surface area contributed by atoms with E-state index in [9.17, 15) is 9.59 Å². The van der Waals surface area contributed by atoms with Gasteiger partial charge in [0.05, 0.1) is 17.0 Å². The SMILES string of the molecule is Cc1cc(C(=O)N2CCC(C(=O)O)C2)c2cc(Br)ccc2n1. The third-order valence-electron chi connectivity index (χ3n) is 3.95. The second kappa shape index (κ2) is 5.68. The van der Waals surface area contributed by atoms with Gasteiger partial charge >= 0.3 is 5.97 Å². The number of likely N-dealkylation sites (tertiary alicyclic amines) is 1. The minimum Gasteiger partial charge on any atom is -0.481 e. The summed E-state index contributed by atoms with van der Waals surface area (Å²) in [6, 6.07) is 7.40. The number of aliphatic carboxylic acids is 1. The van der Waals surface area contributed by atoms with Crippen molar-refractivity contribution in [1.82, 2.24) is 9.88 Å². The fourth-order valence-corrected chi connectivity index (χ4v) is 3.19. The molecule has 5 nitrogen and oxygen atoms in total. The van der Waals surface area contributed by atoms with Crippen LogP contribution in [-0.4, -0.2) is 40.0 Å². The van der Waals surface area contributed by atoms with Crippen molar-refractivity contribution in [1.29, 1.82) is 0 Å². The summed E-state index contributed by atoms with van der Waals surface area (Å²) in [5.41, 5.74) is 2.11. The first-order chi connectivity index (χ1) is 10.5. The van der Waals surface area contributed by atoms with Crippen LogP contribution in [0.1, 0.15) is 22.5 Å². The lowest BCUT2D eigenvalue weighted by Gasteiger charge is -2.17. The number of carboxylic acid groups (broad SMARTS) is 1. The number of rotatable bonds is 2. The van der Waals surface area contributed by atoms with Gasteiger partial charge < -0.3 is 10.0 Å². The molecule has 114 valence electrons. The Labute approximate surface area is 136 Å². The van der Waals surface area contributed by atoms with Gasteiger partial charge in [0, 0.05) is 28.6 Å². The van der Waals surface area contributed by atoms with Crippen molar-refractivity contribution in [2.24, 2.45) is 5.92 Å². The fourth-order valence-electron chi connectivity index (χ4n) is 2.82. The summed E-state index contributed by atoms with van der Waals surface area (Å²) in [5.74, 6) is -1.43. The topological polar surface area (TPSA) is 70.5 Å². The largest absolute Gasteiger partial charge is 0.481 e. The molecule has 22 heavy (non-hydrogen) atoms. The minimum atomic E-state index is -0.839. The maximum atomic E-state index is 12.8. The van der Waals surface area contributed by atoms with E-state index in [1.807, 2.05) is 25.1 Å². The summed E-state index contributed by atoms with van der Waals surface area (Å²) in [6.45, 7) is 2.60. The van der Waals surface area contributed by atoms with E-state index in [0.717, 1.165) is 21.1 Å². The second-order valence-corrected chi connectivity index (χ2v) is 6.46. The molecule has 1 N–H and O–H groups in total. The van der Waals surface area contributed by atoms with Crippen LogP contribution in [-0.2, 0) is 4.79 Å². The number of hydrogen-bond acceptors (Lipinski definition) is 3. The van der Waals surface area contributed by atoms with E-state index >= 15 is 0 Å². The van der Waals surface area contributed by atoms with Gasteiger partial charge in [0.15, 0.2) is 0 Å². The number of nitrogens with zero attached hydrogens (tertiary/aromatic N) is 2. The molecule has 2 heterocycles. The van der Waals surface area contributed by atoms with Crippen LogP contribution in [0.25, 0.3) is 10.9 Å². The van der Waals surface area contributed by atoms with Crippen molar-refractivity contribution >= 4 is 38.7 Å². The molecule has 0 spiro atoms. The predicted octanol–water partition coefficient (Wildman–Crippen LogP) is 2.85. The van der Waals surface area contributed by atoms with E-state index < -0.39 is 11.9 Å². The molecule has 1 amide bonds. The number of carbonyl (C=O) groups excluding carboxylic acids is 1. The number of aromatic nitrogens is 1. The molecule has 3 rings (SSSR count). The number of pyridine rings is 1. The lowest BCUT2D eigenvalue weighted by Crippen LogP contribution is -2.30. The molecule has 1 atom stereocenters. The summed E-state index contributed by atoms with van der Waals surface area (Å²) in [5, 5.41) is 9.86. The van der Waals surface area contributed by atoms with Crippen LogP contribution in [0.2, 0.25) is 0 Å². The molecule has 6 heteroatoms. The van der Waals surface area contributed by atoms with Gasteiger partial charge in [0.1, 0.15) is 0 Å². The molecular weight excluding hydrogens is 348 g/mol. The van der Waals surface area contributed by atoms with Crippen LogP contribution in [0, 0.1) is 12.8 Å². The van der Waals surface area contributed by atoms with E-state index in [4.69, 9.17) is 5.11 Å². The molecule has 0 radical (unpaired) electrons. The highest BCUT2D eigenvalue weighted by atomic mass is 79.9. The van der Waals surface area contributed by atoms with Crippen molar-refractivity contribution in [2.75, 3.05) is 13.1 Å². The molecule has 0 aliphatic carbocycles. The Balaban J connectivity index is 2.01. The molecule has 1 aromatic carbocycles. The third-order valence-corrected chi connectivity index (χ3v) is 4.45. The molecule has 1 fully saturated rings. The van der Waals surface area contributed by atoms with Gasteiger partial charge in [0.25, 0.3) is 5.91 Å². The van der Waals surface area contributed by atoms with Gasteiger partial charge in [-0.15, -0.1) is 0 Å². The average Bonchev–Trinajstić information content (AvgIpc) is 2.96. The maximum absolute atomic E-state index is 12.8. The number of carboxylic acids is 1. The molecule has 2 aromatic rings. The van der Waals surface area contributed by atoms with E-state index in [-0.39, 0.29) is 12.5 Å². The van der Waals surface area contributed by atoms with Gasteiger partial charge in [-0.05, 0) is 37.6 Å². The monoisotopic (exact) mass is 362 g/mol. The van der Waals surface area contributed by atoms with Crippen molar-refractivity contribution in [3.05, 3.63) is 40.0 Å². The van der Waals surface area contributed by atoms with Crippen molar-refractivity contribution in [3.63, 3.8) is 0 Å². The zero-order chi connectivity index (χ0) is 15.9. The number of amides is 1. The quantitative estimate of drug-likeness (QED) is 0.891. The number of aryl methyl sites for hydroxylation is 1. The number of hydrogen-bond donors (Lipinski definition) is 1. The zero-order valence-corrected chi connectivity index (χ0v) is 13.6. The lowest BCUT2D eigenvalue weighted by molar-refractivity contribution is -0.141. The molecular formula is C16H15BrN2O3. The first-order valence-corrected chi connectivity index (χ1v) is 7.84. The van der Waals surface area contributed by atoms with Gasteiger partial charge in [-0.3, -0.25) is 14.6 Å². The molecule has 1 aromatic heterocycles. The summed E-state index contributed by atoms with van der Waals surface area (Å²) >= 11 is 3.42. The number of halogens is 1. The number of carbonyl (C=O) groups is 2. The van der Waals surface area contributed by atoms with Gasteiger partial charge in [-0.2, -0.15) is 0 Å². The highest BCUT2D eigenvalue weighted by molar-refractivity contribution is 9.10. The van der Waals surface area contributed by atoms with Crippen LogP contribution < -0.4 is 0 Å². The number of benzene rings is 1. The predicted molar refractivity (Wildman–Crippen MR) is 85.8 cm³/mol. The van der Waals surface area contributed by atoms with Crippen molar-refractivity contribution in [2.45, 2.75) is 13.3 Å². The summed E-state index contributed by atoms with van der Waals surface area (Å²) < 4.78 is 0.879. The molecule has 0 saturated carbocycles. The second-order valence-electron chi connectivity index (χ2n) is 5.55. The van der Waals surface area contributed by atoms with Crippen molar-refractivity contribution < 1.29 is 14.7 Å². The standard InChI is InChI=1S/C16H15BrN2O3/c1-9-6-13(12-7-11(17)2-3-14(12)18-9)15(20)19-5-4-10(8-19)16(21)22/h2-3,6-7,10H,4-5,8H2,1H3,(H,21,22). The Hall–Kier alpha value is -1.95. The summed E-state index contributed by atoms with van der Waals surface area (Å²) in [7, 11) is 0. The zero-order valence-electron chi connectivity index (χ0n) is 12.0. The molecule has 1 unspecified atom stereocenters. The van der Waals surface area contributed by atoms with Gasteiger partial charge in [-0.1, -0.05) is 15.9 Å². The smallest absolute Gasteiger partial charge is 0.308 e. The van der Waals surface area contributed by atoms with Crippen LogP contribution in [0.4, 0.5) is 0 Å². The van der Waals surface area contributed by atoms with Gasteiger partial charge in [0.2, 0.25) is 0 Å². The highest BCUT2D eigenvalue weighted by Gasteiger charge is 2.32. The van der Waals surface area contributed by atoms with E-state index in [0.29, 0.717) is 18.5 Å². The Morgan fingerprint density at radius 3 is 2.82 bits per heavy atom. The Morgan fingerprint density at radius 2 is 2.14 bits per heavy atom. The Kier molecular flexibility index (Phi) is 3.87. The molecule has 0 bridgehead atoms. The van der Waals surface area contributed by atoms with Crippen LogP contribution >= 0.6 is 15.9 Å². The van der Waals surface area contributed by atoms with E-state index in [1.54, 1.807) is 11.0 Å². The highest BCUT2D eigenvalue weighted by Crippen LogP contribution is 2.26. The first-order valence-electron chi connectivity index (χ1n) is 7.04. The average molecular weight is 363 g/mol. The van der Waals surface area contributed by atoms with Crippen LogP contribution in [0.15, 0.2) is 28.7 Å². The Morgan fingerprint density at radius 1 is 1.36 bits per heavy atom. The number of fused-ring (bicyclic) bond motifs is 1. The van der Waals surface area contributed by atoms with E-state index in [1.165, 1.54) is 0 Å². The minimum absolute atomic E-state index is 0.127. The van der Waals surface area contributed by atoms with Crippen molar-refractivity contribution in [3.8, 4) is 0 Å². The Bertz CT molecular complexity index is 775. The third kappa shape index (κ3) is 2.70.